The van der Waals surface area contributed by atoms with Crippen LogP contribution in [0.15, 0.2) is 24.3 Å². The van der Waals surface area contributed by atoms with E-state index >= 15 is 0 Å². The summed E-state index contributed by atoms with van der Waals surface area (Å²) >= 11 is 8.59. The van der Waals surface area contributed by atoms with Gasteiger partial charge in [-0.3, -0.25) is 5.10 Å². The minimum Gasteiger partial charge on any atom is -0.307 e. The van der Waals surface area contributed by atoms with Crippen LogP contribution in [0, 0.1) is 19.8 Å². The van der Waals surface area contributed by atoms with E-state index in [9.17, 15) is 0 Å². The summed E-state index contributed by atoms with van der Waals surface area (Å²) in [4.78, 5) is 16.1. The Kier molecular flexibility index (Phi) is 8.05. The summed E-state index contributed by atoms with van der Waals surface area (Å²) in [5.41, 5.74) is 2.99. The summed E-state index contributed by atoms with van der Waals surface area (Å²) in [6.45, 7) is 6.27. The Morgan fingerprint density at radius 1 is 1.03 bits per heavy atom. The Morgan fingerprint density at radius 2 is 1.73 bits per heavy atom. The smallest absolute Gasteiger partial charge is 0.247 e. The normalized spacial score (nSPS) is 18.5. The van der Waals surface area contributed by atoms with Gasteiger partial charge in [0.05, 0.1) is 10.7 Å². The van der Waals surface area contributed by atoms with Gasteiger partial charge in [0.1, 0.15) is 11.6 Å². The van der Waals surface area contributed by atoms with Crippen LogP contribution in [0.2, 0.25) is 5.02 Å². The monoisotopic (exact) mass is 538 g/mol. The molecule has 2 heterocycles. The van der Waals surface area contributed by atoms with Gasteiger partial charge in [-0.15, -0.1) is 5.10 Å². The average Bonchev–Trinajstić information content (AvgIpc) is 3.17. The Hall–Kier alpha value is -1.74. The van der Waals surface area contributed by atoms with E-state index < -0.39 is 0 Å². The van der Waals surface area contributed by atoms with Gasteiger partial charge in [-0.2, -0.15) is 4.98 Å². The maximum atomic E-state index is 6.44. The fourth-order valence-electron chi connectivity index (χ4n) is 3.85. The van der Waals surface area contributed by atoms with Gasteiger partial charge in [0.25, 0.3) is 0 Å². The van der Waals surface area contributed by atoms with Crippen LogP contribution >= 0.6 is 34.2 Å². The van der Waals surface area contributed by atoms with E-state index in [2.05, 4.69) is 56.9 Å². The second-order valence-electron chi connectivity index (χ2n) is 7.71. The van der Waals surface area contributed by atoms with Crippen molar-refractivity contribution < 1.29 is 0 Å². The number of nitrogens with zero attached hydrogens (tertiary/aromatic N) is 4. The van der Waals surface area contributed by atoms with E-state index in [0.717, 1.165) is 47.2 Å². The number of aromatic amines is 1. The maximum absolute atomic E-state index is 6.44. The van der Waals surface area contributed by atoms with Crippen molar-refractivity contribution in [2.24, 2.45) is 5.92 Å². The molecule has 0 spiro atoms. The van der Waals surface area contributed by atoms with Gasteiger partial charge >= 0.3 is 0 Å². The average molecular weight is 539 g/mol. The van der Waals surface area contributed by atoms with Crippen molar-refractivity contribution in [3.05, 3.63) is 46.4 Å². The number of hydrogen-bond donors (Lipinski definition) is 2. The van der Waals surface area contributed by atoms with Crippen LogP contribution < -0.4 is 5.32 Å². The lowest BCUT2D eigenvalue weighted by Crippen LogP contribution is -2.15. The van der Waals surface area contributed by atoms with Crippen molar-refractivity contribution in [3.8, 4) is 11.4 Å². The van der Waals surface area contributed by atoms with Gasteiger partial charge < -0.3 is 5.32 Å². The number of rotatable bonds is 4. The number of nitrogens with one attached hydrogen (secondary N) is 2. The van der Waals surface area contributed by atoms with Crippen molar-refractivity contribution >= 4 is 46.0 Å². The molecule has 0 radical (unpaired) electrons. The number of aryl methyl sites for hydroxylation is 1. The molecule has 1 aliphatic rings. The zero-order valence-corrected chi connectivity index (χ0v) is 20.8. The number of halogens is 2. The van der Waals surface area contributed by atoms with Crippen molar-refractivity contribution in [3.63, 3.8) is 0 Å². The number of aromatic nitrogens is 5. The highest BCUT2D eigenvalue weighted by Gasteiger charge is 2.25. The van der Waals surface area contributed by atoms with Crippen molar-refractivity contribution in [1.29, 1.82) is 0 Å². The molecule has 0 unspecified atom stereocenters. The molecule has 0 atom stereocenters. The van der Waals surface area contributed by atoms with E-state index in [0.29, 0.717) is 22.7 Å². The first-order chi connectivity index (χ1) is 14.5. The maximum Gasteiger partial charge on any atom is 0.247 e. The molecule has 1 saturated carbocycles. The van der Waals surface area contributed by atoms with Crippen LogP contribution in [0.3, 0.4) is 0 Å². The summed E-state index contributed by atoms with van der Waals surface area (Å²) in [6, 6.07) is 7.70. The lowest BCUT2D eigenvalue weighted by molar-refractivity contribution is 0.343. The molecule has 160 valence electrons. The van der Waals surface area contributed by atoms with Crippen LogP contribution in [0.1, 0.15) is 55.6 Å². The van der Waals surface area contributed by atoms with Crippen LogP contribution in [0.5, 0.6) is 0 Å². The molecular formula is C22H28ClIN6. The van der Waals surface area contributed by atoms with Crippen LogP contribution in [-0.4, -0.2) is 30.1 Å². The topological polar surface area (TPSA) is 79.4 Å². The lowest BCUT2D eigenvalue weighted by Gasteiger charge is -2.27. The standard InChI is InChI=1S/C21H25ClN6.CH3I/c1-12-8-10-15(11-9-12)18-13(2)19(26-21-23-14(3)27-28-21)25-20(24-18)16-6-4-5-7-17(16)22;1-2/h4-7,12,15H,8-11H2,1-3H3,(H2,23,24,25,26,27,28);1H3. The van der Waals surface area contributed by atoms with E-state index in [4.69, 9.17) is 21.6 Å². The van der Waals surface area contributed by atoms with Gasteiger partial charge in [-0.1, -0.05) is 66.1 Å². The molecule has 1 aromatic carbocycles. The fraction of sp³-hybridized carbons (Fsp3) is 0.455. The Balaban J connectivity index is 0.00000124. The minimum absolute atomic E-state index is 0.440. The molecule has 30 heavy (non-hydrogen) atoms. The number of H-pyrrole nitrogens is 1. The van der Waals surface area contributed by atoms with Crippen LogP contribution in [-0.2, 0) is 0 Å². The van der Waals surface area contributed by atoms with Gasteiger partial charge in [0.15, 0.2) is 5.82 Å². The third kappa shape index (κ3) is 5.29. The predicted molar refractivity (Wildman–Crippen MR) is 132 cm³/mol. The quantitative estimate of drug-likeness (QED) is 0.288. The minimum atomic E-state index is 0.440. The zero-order chi connectivity index (χ0) is 21.7. The van der Waals surface area contributed by atoms with E-state index in [1.807, 2.05) is 36.1 Å². The molecule has 0 aliphatic heterocycles. The molecule has 6 nitrogen and oxygen atoms in total. The number of hydrogen-bond acceptors (Lipinski definition) is 5. The third-order valence-electron chi connectivity index (χ3n) is 5.53. The van der Waals surface area contributed by atoms with E-state index in [1.54, 1.807) is 0 Å². The van der Waals surface area contributed by atoms with Gasteiger partial charge in [-0.05, 0) is 49.7 Å². The van der Waals surface area contributed by atoms with E-state index in [1.165, 1.54) is 12.8 Å². The molecular weight excluding hydrogens is 511 g/mol. The Bertz CT molecular complexity index is 982. The molecule has 0 saturated heterocycles. The first kappa shape index (κ1) is 22.9. The molecule has 4 rings (SSSR count). The van der Waals surface area contributed by atoms with Crippen molar-refractivity contribution in [1.82, 2.24) is 25.1 Å². The number of anilines is 2. The summed E-state index contributed by atoms with van der Waals surface area (Å²) in [7, 11) is 0. The summed E-state index contributed by atoms with van der Waals surface area (Å²) in [5.74, 6) is 3.86. The molecule has 3 aromatic rings. The van der Waals surface area contributed by atoms with Crippen LogP contribution in [0.25, 0.3) is 11.4 Å². The first-order valence-electron chi connectivity index (χ1n) is 10.2. The van der Waals surface area contributed by atoms with Crippen molar-refractivity contribution in [2.75, 3.05) is 10.2 Å². The Morgan fingerprint density at radius 3 is 2.37 bits per heavy atom. The van der Waals surface area contributed by atoms with Gasteiger partial charge in [0, 0.05) is 17.0 Å². The predicted octanol–water partition coefficient (Wildman–Crippen LogP) is 6.62. The molecule has 0 amide bonds. The van der Waals surface area contributed by atoms with E-state index in [-0.39, 0.29) is 0 Å². The Labute approximate surface area is 196 Å². The SMILES string of the molecule is CI.Cc1nc(Nc2nc(-c3ccccc3Cl)nc(C3CCC(C)CC3)c2C)n[nH]1. The molecule has 8 heteroatoms. The summed E-state index contributed by atoms with van der Waals surface area (Å²) in [6.07, 6.45) is 4.77. The largest absolute Gasteiger partial charge is 0.307 e. The second-order valence-corrected chi connectivity index (χ2v) is 8.12. The molecule has 0 bridgehead atoms. The number of benzene rings is 1. The number of alkyl halides is 1. The summed E-state index contributed by atoms with van der Waals surface area (Å²) in [5, 5.41) is 11.0. The van der Waals surface area contributed by atoms with Gasteiger partial charge in [0.2, 0.25) is 5.95 Å². The summed E-state index contributed by atoms with van der Waals surface area (Å²) < 4.78 is 0. The molecule has 1 aliphatic carbocycles. The van der Waals surface area contributed by atoms with Crippen LogP contribution in [0.4, 0.5) is 11.8 Å². The lowest BCUT2D eigenvalue weighted by atomic mass is 9.80. The third-order valence-corrected chi connectivity index (χ3v) is 5.86. The zero-order valence-electron chi connectivity index (χ0n) is 17.8. The molecule has 2 N–H and O–H groups in total. The highest BCUT2D eigenvalue weighted by Crippen LogP contribution is 2.38. The fourth-order valence-corrected chi connectivity index (χ4v) is 4.07. The van der Waals surface area contributed by atoms with Crippen molar-refractivity contribution in [2.45, 2.75) is 52.4 Å². The molecule has 1 fully saturated rings. The second kappa shape index (κ2) is 10.5. The first-order valence-corrected chi connectivity index (χ1v) is 12.7. The molecule has 2 aromatic heterocycles. The van der Waals surface area contributed by atoms with Gasteiger partial charge in [-0.25, -0.2) is 9.97 Å². The highest BCUT2D eigenvalue weighted by atomic mass is 127. The highest BCUT2D eigenvalue weighted by molar-refractivity contribution is 14.1.